The number of aromatic nitrogens is 4. The molecule has 0 spiro atoms. The molecule has 0 saturated heterocycles. The van der Waals surface area contributed by atoms with Gasteiger partial charge < -0.3 is 4.74 Å². The second kappa shape index (κ2) is 9.74. The Bertz CT molecular complexity index is 947. The van der Waals surface area contributed by atoms with Gasteiger partial charge in [0.25, 0.3) is 11.8 Å². The molecule has 10 nitrogen and oxygen atoms in total. The molecular formula is C19H18N6O4. The largest absolute Gasteiger partial charge is 0.454 e. The van der Waals surface area contributed by atoms with E-state index >= 15 is 0 Å². The standard InChI is InChI=1S/C19H18N6O4/c26-17(21-22-18(27)15-9-5-2-6-10-15)12-29-19(28)16(25-13-20-23-24-25)11-14-7-3-1-4-8-14/h1-10,13,16H,11-12H2,(H,21,26)(H,22,27)/t16-/m0/s1. The molecule has 10 heteroatoms. The molecular weight excluding hydrogens is 376 g/mol. The molecule has 0 unspecified atom stereocenters. The molecule has 3 aromatic rings. The molecule has 1 atom stereocenters. The van der Waals surface area contributed by atoms with Crippen LogP contribution in [0.3, 0.4) is 0 Å². The van der Waals surface area contributed by atoms with Crippen LogP contribution in [0.5, 0.6) is 0 Å². The lowest BCUT2D eigenvalue weighted by Crippen LogP contribution is -2.44. The first kappa shape index (κ1) is 19.7. The van der Waals surface area contributed by atoms with Crippen molar-refractivity contribution in [2.75, 3.05) is 6.61 Å². The predicted molar refractivity (Wildman–Crippen MR) is 100 cm³/mol. The third-order valence-corrected chi connectivity index (χ3v) is 3.93. The fourth-order valence-corrected chi connectivity index (χ4v) is 2.49. The van der Waals surface area contributed by atoms with Gasteiger partial charge in [0.05, 0.1) is 0 Å². The van der Waals surface area contributed by atoms with Crippen LogP contribution in [0, 0.1) is 0 Å². The summed E-state index contributed by atoms with van der Waals surface area (Å²) in [6.45, 7) is -0.568. The predicted octanol–water partition coefficient (Wildman–Crippen LogP) is 0.461. The molecule has 2 N–H and O–H groups in total. The van der Waals surface area contributed by atoms with E-state index in [1.165, 1.54) is 11.0 Å². The maximum absolute atomic E-state index is 12.5. The Morgan fingerprint density at radius 1 is 0.966 bits per heavy atom. The van der Waals surface area contributed by atoms with Crippen molar-refractivity contribution in [1.82, 2.24) is 31.1 Å². The number of hydrogen-bond acceptors (Lipinski definition) is 7. The average Bonchev–Trinajstić information content (AvgIpc) is 3.30. The maximum atomic E-state index is 12.5. The number of carbonyl (C=O) groups excluding carboxylic acids is 3. The number of hydrogen-bond donors (Lipinski definition) is 2. The smallest absolute Gasteiger partial charge is 0.331 e. The van der Waals surface area contributed by atoms with Crippen LogP contribution in [0.25, 0.3) is 0 Å². The first-order valence-electron chi connectivity index (χ1n) is 8.71. The van der Waals surface area contributed by atoms with Gasteiger partial charge in [-0.2, -0.15) is 0 Å². The number of hydrazine groups is 1. The van der Waals surface area contributed by atoms with E-state index < -0.39 is 30.4 Å². The molecule has 0 aliphatic rings. The fourth-order valence-electron chi connectivity index (χ4n) is 2.49. The number of tetrazole rings is 1. The van der Waals surface area contributed by atoms with Crippen molar-refractivity contribution in [2.45, 2.75) is 12.5 Å². The highest BCUT2D eigenvalue weighted by molar-refractivity contribution is 5.95. The zero-order valence-electron chi connectivity index (χ0n) is 15.3. The molecule has 2 amide bonds. The van der Waals surface area contributed by atoms with Gasteiger partial charge in [-0.3, -0.25) is 20.4 Å². The first-order valence-corrected chi connectivity index (χ1v) is 8.71. The minimum absolute atomic E-state index is 0.289. The highest BCUT2D eigenvalue weighted by Crippen LogP contribution is 2.14. The lowest BCUT2D eigenvalue weighted by Gasteiger charge is -2.15. The molecule has 0 aliphatic heterocycles. The molecule has 0 aliphatic carbocycles. The highest BCUT2D eigenvalue weighted by atomic mass is 16.5. The van der Waals surface area contributed by atoms with Gasteiger partial charge in [-0.15, -0.1) is 5.10 Å². The van der Waals surface area contributed by atoms with Gasteiger partial charge >= 0.3 is 5.97 Å². The van der Waals surface area contributed by atoms with Crippen LogP contribution in [0.1, 0.15) is 22.0 Å². The zero-order chi connectivity index (χ0) is 20.5. The molecule has 1 aromatic heterocycles. The zero-order valence-corrected chi connectivity index (χ0v) is 15.3. The van der Waals surface area contributed by atoms with Crippen LogP contribution >= 0.6 is 0 Å². The van der Waals surface area contributed by atoms with Crippen molar-refractivity contribution in [2.24, 2.45) is 0 Å². The lowest BCUT2D eigenvalue weighted by atomic mass is 10.1. The third kappa shape index (κ3) is 5.70. The van der Waals surface area contributed by atoms with Crippen molar-refractivity contribution in [3.8, 4) is 0 Å². The minimum Gasteiger partial charge on any atom is -0.454 e. The van der Waals surface area contributed by atoms with Gasteiger partial charge in [0.2, 0.25) is 0 Å². The summed E-state index contributed by atoms with van der Waals surface area (Å²) in [5.74, 6) is -1.84. The van der Waals surface area contributed by atoms with Crippen LogP contribution in [0.4, 0.5) is 0 Å². The molecule has 0 saturated carbocycles. The van der Waals surface area contributed by atoms with Crippen molar-refractivity contribution >= 4 is 17.8 Å². The number of nitrogens with one attached hydrogen (secondary N) is 2. The van der Waals surface area contributed by atoms with Crippen LogP contribution < -0.4 is 10.9 Å². The number of esters is 1. The van der Waals surface area contributed by atoms with Gasteiger partial charge in [-0.25, -0.2) is 9.48 Å². The summed E-state index contributed by atoms with van der Waals surface area (Å²) in [7, 11) is 0. The van der Waals surface area contributed by atoms with E-state index in [-0.39, 0.29) is 6.42 Å². The summed E-state index contributed by atoms with van der Waals surface area (Å²) < 4.78 is 6.35. The fraction of sp³-hybridized carbons (Fsp3) is 0.158. The lowest BCUT2D eigenvalue weighted by molar-refractivity contribution is -0.152. The number of nitrogens with zero attached hydrogens (tertiary/aromatic N) is 4. The van der Waals surface area contributed by atoms with E-state index in [0.717, 1.165) is 5.56 Å². The van der Waals surface area contributed by atoms with Gasteiger partial charge in [0.1, 0.15) is 6.33 Å². The number of rotatable bonds is 7. The summed E-state index contributed by atoms with van der Waals surface area (Å²) in [4.78, 5) is 36.3. The Morgan fingerprint density at radius 2 is 1.66 bits per heavy atom. The molecule has 0 bridgehead atoms. The van der Waals surface area contributed by atoms with Gasteiger partial charge in [0, 0.05) is 12.0 Å². The Labute approximate surface area is 165 Å². The Balaban J connectivity index is 1.53. The molecule has 29 heavy (non-hydrogen) atoms. The molecule has 0 radical (unpaired) electrons. The highest BCUT2D eigenvalue weighted by Gasteiger charge is 2.24. The molecule has 148 valence electrons. The van der Waals surface area contributed by atoms with E-state index in [2.05, 4.69) is 26.4 Å². The molecule has 2 aromatic carbocycles. The van der Waals surface area contributed by atoms with E-state index in [4.69, 9.17) is 4.74 Å². The average molecular weight is 394 g/mol. The van der Waals surface area contributed by atoms with Gasteiger partial charge in [-0.05, 0) is 28.1 Å². The summed E-state index contributed by atoms with van der Waals surface area (Å²) in [6.07, 6.45) is 1.59. The second-order valence-electron chi connectivity index (χ2n) is 5.97. The van der Waals surface area contributed by atoms with Gasteiger partial charge in [0.15, 0.2) is 12.6 Å². The third-order valence-electron chi connectivity index (χ3n) is 3.93. The maximum Gasteiger partial charge on any atom is 0.331 e. The summed E-state index contributed by atoms with van der Waals surface area (Å²) in [5.41, 5.74) is 5.71. The second-order valence-corrected chi connectivity index (χ2v) is 5.97. The molecule has 3 rings (SSSR count). The number of benzene rings is 2. The van der Waals surface area contributed by atoms with Gasteiger partial charge in [-0.1, -0.05) is 48.5 Å². The number of amides is 2. The van der Waals surface area contributed by atoms with Crippen LogP contribution in [0.15, 0.2) is 67.0 Å². The normalized spacial score (nSPS) is 11.3. The van der Waals surface area contributed by atoms with E-state index in [1.54, 1.807) is 30.3 Å². The topological polar surface area (TPSA) is 128 Å². The first-order chi connectivity index (χ1) is 14.1. The number of carbonyl (C=O) groups is 3. The Morgan fingerprint density at radius 3 is 2.31 bits per heavy atom. The van der Waals surface area contributed by atoms with Crippen LogP contribution in [-0.2, 0) is 20.7 Å². The van der Waals surface area contributed by atoms with Crippen LogP contribution in [-0.4, -0.2) is 44.6 Å². The monoisotopic (exact) mass is 394 g/mol. The van der Waals surface area contributed by atoms with E-state index in [9.17, 15) is 14.4 Å². The Kier molecular flexibility index (Phi) is 6.61. The summed E-state index contributed by atoms with van der Waals surface area (Å²) >= 11 is 0. The summed E-state index contributed by atoms with van der Waals surface area (Å²) in [6, 6.07) is 16.8. The van der Waals surface area contributed by atoms with Crippen LogP contribution in [0.2, 0.25) is 0 Å². The summed E-state index contributed by atoms with van der Waals surface area (Å²) in [5, 5.41) is 10.8. The number of ether oxygens (including phenoxy) is 1. The van der Waals surface area contributed by atoms with Crippen molar-refractivity contribution < 1.29 is 19.1 Å². The van der Waals surface area contributed by atoms with E-state index in [0.29, 0.717) is 5.56 Å². The van der Waals surface area contributed by atoms with E-state index in [1.807, 2.05) is 30.3 Å². The van der Waals surface area contributed by atoms with Crippen molar-refractivity contribution in [3.05, 3.63) is 78.1 Å². The quantitative estimate of drug-likeness (QED) is 0.440. The SMILES string of the molecule is O=C(COC(=O)[C@H](Cc1ccccc1)n1cnnn1)NNC(=O)c1ccccc1. The Hall–Kier alpha value is -4.08. The molecule has 0 fully saturated rings. The molecule has 1 heterocycles. The van der Waals surface area contributed by atoms with Crippen molar-refractivity contribution in [3.63, 3.8) is 0 Å². The van der Waals surface area contributed by atoms with Crippen molar-refractivity contribution in [1.29, 1.82) is 0 Å². The minimum atomic E-state index is -0.834.